The molecule has 0 aliphatic carbocycles. The lowest BCUT2D eigenvalue weighted by molar-refractivity contribution is 0.295. The van der Waals surface area contributed by atoms with Crippen molar-refractivity contribution in [1.29, 1.82) is 0 Å². The number of hydrogen-bond donors (Lipinski definition) is 0. The quantitative estimate of drug-likeness (QED) is 0.718. The van der Waals surface area contributed by atoms with E-state index >= 15 is 0 Å². The summed E-state index contributed by atoms with van der Waals surface area (Å²) in [5, 5.41) is 11.5. The fourth-order valence-corrected chi connectivity index (χ4v) is 1.05. The fraction of sp³-hybridized carbons (Fsp3) is 0.222. The van der Waals surface area contributed by atoms with Crippen LogP contribution in [0.15, 0.2) is 30.3 Å². The molecular formula is C9H10N4O. The summed E-state index contributed by atoms with van der Waals surface area (Å²) in [6.45, 7) is 0.345. The number of tetrazole rings is 1. The highest BCUT2D eigenvalue weighted by Crippen LogP contribution is 2.09. The van der Waals surface area contributed by atoms with Gasteiger partial charge >= 0.3 is 0 Å². The van der Waals surface area contributed by atoms with E-state index in [1.54, 1.807) is 7.05 Å². The van der Waals surface area contributed by atoms with E-state index in [-0.39, 0.29) is 0 Å². The van der Waals surface area contributed by atoms with Gasteiger partial charge in [0.05, 0.1) is 7.05 Å². The predicted molar refractivity (Wildman–Crippen MR) is 49.6 cm³/mol. The van der Waals surface area contributed by atoms with Crippen LogP contribution in [0.4, 0.5) is 0 Å². The van der Waals surface area contributed by atoms with Gasteiger partial charge in [-0.3, -0.25) is 0 Å². The van der Waals surface area contributed by atoms with Crippen LogP contribution in [0.3, 0.4) is 0 Å². The Morgan fingerprint density at radius 1 is 1.29 bits per heavy atom. The summed E-state index contributed by atoms with van der Waals surface area (Å²) in [6.07, 6.45) is 0. The standard InChI is InChI=1S/C9H10N4O/c1-13-11-9(10-12-13)7-14-8-5-3-2-4-6-8/h2-6H,7H2,1H3. The maximum Gasteiger partial charge on any atom is 0.212 e. The molecule has 2 aromatic rings. The molecule has 0 spiro atoms. The molecular weight excluding hydrogens is 180 g/mol. The largest absolute Gasteiger partial charge is 0.485 e. The average molecular weight is 190 g/mol. The topological polar surface area (TPSA) is 52.8 Å². The highest BCUT2D eigenvalue weighted by molar-refractivity contribution is 5.20. The van der Waals surface area contributed by atoms with Gasteiger partial charge in [-0.05, 0) is 17.3 Å². The number of aryl methyl sites for hydroxylation is 1. The number of hydrogen-bond acceptors (Lipinski definition) is 4. The van der Waals surface area contributed by atoms with Crippen LogP contribution >= 0.6 is 0 Å². The Morgan fingerprint density at radius 3 is 2.71 bits per heavy atom. The summed E-state index contributed by atoms with van der Waals surface area (Å²) in [5.74, 6) is 1.39. The van der Waals surface area contributed by atoms with Crippen molar-refractivity contribution >= 4 is 0 Å². The van der Waals surface area contributed by atoms with Gasteiger partial charge in [-0.25, -0.2) is 0 Å². The van der Waals surface area contributed by atoms with E-state index in [9.17, 15) is 0 Å². The zero-order valence-electron chi connectivity index (χ0n) is 7.79. The molecule has 0 aliphatic heterocycles. The van der Waals surface area contributed by atoms with Gasteiger partial charge in [-0.2, -0.15) is 4.80 Å². The van der Waals surface area contributed by atoms with Gasteiger partial charge in [-0.15, -0.1) is 10.2 Å². The average Bonchev–Trinajstić information content (AvgIpc) is 2.63. The first-order valence-corrected chi connectivity index (χ1v) is 4.25. The summed E-state index contributed by atoms with van der Waals surface area (Å²) in [6, 6.07) is 9.54. The van der Waals surface area contributed by atoms with Gasteiger partial charge in [-0.1, -0.05) is 18.2 Å². The van der Waals surface area contributed by atoms with Crippen LogP contribution in [-0.4, -0.2) is 20.2 Å². The summed E-state index contributed by atoms with van der Waals surface area (Å²) in [5.41, 5.74) is 0. The number of aromatic nitrogens is 4. The van der Waals surface area contributed by atoms with Crippen molar-refractivity contribution in [2.75, 3.05) is 0 Å². The number of para-hydroxylation sites is 1. The summed E-state index contributed by atoms with van der Waals surface area (Å²) >= 11 is 0. The minimum Gasteiger partial charge on any atom is -0.485 e. The second-order valence-electron chi connectivity index (χ2n) is 2.80. The first-order chi connectivity index (χ1) is 6.84. The Kier molecular flexibility index (Phi) is 2.40. The molecule has 0 bridgehead atoms. The fourth-order valence-electron chi connectivity index (χ4n) is 1.05. The lowest BCUT2D eigenvalue weighted by Gasteiger charge is -2.01. The lowest BCUT2D eigenvalue weighted by Crippen LogP contribution is -1.98. The zero-order chi connectivity index (χ0) is 9.80. The highest BCUT2D eigenvalue weighted by Gasteiger charge is 2.00. The van der Waals surface area contributed by atoms with Gasteiger partial charge in [0.1, 0.15) is 5.75 Å². The van der Waals surface area contributed by atoms with Crippen LogP contribution in [-0.2, 0) is 13.7 Å². The third-order valence-corrected chi connectivity index (χ3v) is 1.66. The van der Waals surface area contributed by atoms with Gasteiger partial charge in [0.2, 0.25) is 5.82 Å². The molecule has 0 saturated carbocycles. The van der Waals surface area contributed by atoms with E-state index in [0.29, 0.717) is 12.4 Å². The molecule has 0 N–H and O–H groups in total. The Bertz CT molecular complexity index is 398. The molecule has 2 rings (SSSR count). The van der Waals surface area contributed by atoms with Gasteiger partial charge in [0.25, 0.3) is 0 Å². The zero-order valence-corrected chi connectivity index (χ0v) is 7.79. The number of benzene rings is 1. The summed E-state index contributed by atoms with van der Waals surface area (Å²) in [7, 11) is 1.72. The lowest BCUT2D eigenvalue weighted by atomic mass is 10.3. The maximum atomic E-state index is 5.43. The Balaban J connectivity index is 1.95. The normalized spacial score (nSPS) is 10.1. The summed E-state index contributed by atoms with van der Waals surface area (Å²) in [4.78, 5) is 1.41. The van der Waals surface area contributed by atoms with E-state index in [1.807, 2.05) is 30.3 Å². The van der Waals surface area contributed by atoms with Crippen molar-refractivity contribution in [3.05, 3.63) is 36.2 Å². The smallest absolute Gasteiger partial charge is 0.212 e. The van der Waals surface area contributed by atoms with Crippen LogP contribution < -0.4 is 4.74 Å². The maximum absolute atomic E-state index is 5.43. The van der Waals surface area contributed by atoms with E-state index in [4.69, 9.17) is 4.74 Å². The van der Waals surface area contributed by atoms with Crippen LogP contribution in [0.5, 0.6) is 5.75 Å². The van der Waals surface area contributed by atoms with Crippen LogP contribution in [0.2, 0.25) is 0 Å². The number of ether oxygens (including phenoxy) is 1. The molecule has 5 nitrogen and oxygen atoms in total. The molecule has 0 aliphatic rings. The Hall–Kier alpha value is -1.91. The van der Waals surface area contributed by atoms with Crippen molar-refractivity contribution in [1.82, 2.24) is 20.2 Å². The van der Waals surface area contributed by atoms with Gasteiger partial charge in [0.15, 0.2) is 6.61 Å². The first-order valence-electron chi connectivity index (χ1n) is 4.25. The molecule has 5 heteroatoms. The van der Waals surface area contributed by atoms with Gasteiger partial charge < -0.3 is 4.74 Å². The number of rotatable bonds is 3. The van der Waals surface area contributed by atoms with E-state index < -0.39 is 0 Å². The minimum atomic E-state index is 0.345. The Labute approximate surface area is 81.3 Å². The molecule has 1 aromatic heterocycles. The van der Waals surface area contributed by atoms with Crippen LogP contribution in [0.25, 0.3) is 0 Å². The number of nitrogens with zero attached hydrogens (tertiary/aromatic N) is 4. The van der Waals surface area contributed by atoms with Crippen molar-refractivity contribution in [3.8, 4) is 5.75 Å². The third kappa shape index (κ3) is 2.07. The molecule has 0 unspecified atom stereocenters. The molecule has 14 heavy (non-hydrogen) atoms. The SMILES string of the molecule is Cn1nnc(COc2ccccc2)n1. The molecule has 0 saturated heterocycles. The third-order valence-electron chi connectivity index (χ3n) is 1.66. The monoisotopic (exact) mass is 190 g/mol. The van der Waals surface area contributed by atoms with Gasteiger partial charge in [0, 0.05) is 0 Å². The van der Waals surface area contributed by atoms with E-state index in [2.05, 4.69) is 15.4 Å². The Morgan fingerprint density at radius 2 is 2.07 bits per heavy atom. The molecule has 0 radical (unpaired) electrons. The highest BCUT2D eigenvalue weighted by atomic mass is 16.5. The first kappa shape index (κ1) is 8.68. The minimum absolute atomic E-state index is 0.345. The molecule has 0 amide bonds. The molecule has 72 valence electrons. The summed E-state index contributed by atoms with van der Waals surface area (Å²) < 4.78 is 5.43. The second-order valence-corrected chi connectivity index (χ2v) is 2.80. The predicted octanol–water partition coefficient (Wildman–Crippen LogP) is 0.789. The molecule has 0 fully saturated rings. The van der Waals surface area contributed by atoms with Crippen molar-refractivity contribution in [2.45, 2.75) is 6.61 Å². The van der Waals surface area contributed by atoms with Crippen molar-refractivity contribution in [2.24, 2.45) is 7.05 Å². The van der Waals surface area contributed by atoms with E-state index in [1.165, 1.54) is 4.80 Å². The van der Waals surface area contributed by atoms with E-state index in [0.717, 1.165) is 5.75 Å². The molecule has 1 aromatic carbocycles. The molecule has 0 atom stereocenters. The van der Waals surface area contributed by atoms with Crippen LogP contribution in [0, 0.1) is 0 Å². The molecule has 1 heterocycles. The second kappa shape index (κ2) is 3.87. The van der Waals surface area contributed by atoms with Crippen molar-refractivity contribution in [3.63, 3.8) is 0 Å². The van der Waals surface area contributed by atoms with Crippen LogP contribution in [0.1, 0.15) is 5.82 Å². The van der Waals surface area contributed by atoms with Crippen molar-refractivity contribution < 1.29 is 4.74 Å².